The van der Waals surface area contributed by atoms with Gasteiger partial charge in [-0.25, -0.2) is 0 Å². The van der Waals surface area contributed by atoms with Crippen LogP contribution in [-0.2, 0) is 0 Å². The number of amides is 1. The Morgan fingerprint density at radius 1 is 1.00 bits per heavy atom. The Balaban J connectivity index is 2.24. The Labute approximate surface area is 131 Å². The zero-order chi connectivity index (χ0) is 16.8. The van der Waals surface area contributed by atoms with E-state index in [0.717, 1.165) is 0 Å². The fraction of sp³-hybridized carbons (Fsp3) is 0.188. The van der Waals surface area contributed by atoms with E-state index in [-0.39, 0.29) is 17.2 Å². The van der Waals surface area contributed by atoms with Crippen LogP contribution in [0.5, 0.6) is 17.2 Å². The molecule has 0 aliphatic rings. The van der Waals surface area contributed by atoms with Crippen LogP contribution in [0.15, 0.2) is 42.5 Å². The fourth-order valence-electron chi connectivity index (χ4n) is 1.97. The monoisotopic (exact) mass is 323 g/mol. The second-order valence-electron chi connectivity index (χ2n) is 4.40. The first-order valence-corrected chi connectivity index (χ1v) is 6.62. The zero-order valence-electron chi connectivity index (χ0n) is 12.5. The van der Waals surface area contributed by atoms with Gasteiger partial charge in [0.05, 0.1) is 19.8 Å². The number of benzene rings is 2. The van der Waals surface area contributed by atoms with Crippen LogP contribution in [0.1, 0.15) is 10.4 Å². The summed E-state index contributed by atoms with van der Waals surface area (Å²) >= 11 is 0. The molecular formula is C16H15F2NO4. The van der Waals surface area contributed by atoms with Gasteiger partial charge in [0, 0.05) is 11.8 Å². The van der Waals surface area contributed by atoms with Crippen LogP contribution in [0.3, 0.4) is 0 Å². The van der Waals surface area contributed by atoms with Gasteiger partial charge in [-0.2, -0.15) is 8.78 Å². The molecule has 0 aliphatic carbocycles. The van der Waals surface area contributed by atoms with E-state index < -0.39 is 12.5 Å². The Bertz CT molecular complexity index is 692. The third-order valence-corrected chi connectivity index (χ3v) is 2.99. The summed E-state index contributed by atoms with van der Waals surface area (Å²) in [6.45, 7) is -3.00. The van der Waals surface area contributed by atoms with Gasteiger partial charge in [-0.15, -0.1) is 0 Å². The molecule has 1 N–H and O–H groups in total. The zero-order valence-corrected chi connectivity index (χ0v) is 12.5. The third-order valence-electron chi connectivity index (χ3n) is 2.99. The van der Waals surface area contributed by atoms with E-state index in [1.807, 2.05) is 0 Å². The van der Waals surface area contributed by atoms with E-state index in [9.17, 15) is 13.6 Å². The predicted molar refractivity (Wildman–Crippen MR) is 80.6 cm³/mol. The molecule has 0 atom stereocenters. The molecule has 0 unspecified atom stereocenters. The van der Waals surface area contributed by atoms with Crippen molar-refractivity contribution in [3.05, 3.63) is 48.0 Å². The highest BCUT2D eigenvalue weighted by Crippen LogP contribution is 2.32. The Kier molecular flexibility index (Phi) is 5.35. The summed E-state index contributed by atoms with van der Waals surface area (Å²) in [7, 11) is 2.79. The molecular weight excluding hydrogens is 308 g/mol. The number of hydrogen-bond acceptors (Lipinski definition) is 4. The molecule has 0 spiro atoms. The SMILES string of the molecule is COc1ccc(NC(=O)c2ccccc2OC)cc1OC(F)F. The summed E-state index contributed by atoms with van der Waals surface area (Å²) in [4.78, 5) is 12.3. The molecule has 2 aromatic rings. The Morgan fingerprint density at radius 2 is 1.70 bits per heavy atom. The summed E-state index contributed by atoms with van der Waals surface area (Å²) in [5.74, 6) is -0.0564. The van der Waals surface area contributed by atoms with Crippen molar-refractivity contribution >= 4 is 11.6 Å². The molecule has 0 fully saturated rings. The molecule has 23 heavy (non-hydrogen) atoms. The van der Waals surface area contributed by atoms with E-state index in [1.54, 1.807) is 24.3 Å². The second-order valence-corrected chi connectivity index (χ2v) is 4.40. The summed E-state index contributed by atoms with van der Waals surface area (Å²) in [5.41, 5.74) is 0.611. The van der Waals surface area contributed by atoms with E-state index in [1.165, 1.54) is 32.4 Å². The number of hydrogen-bond donors (Lipinski definition) is 1. The van der Waals surface area contributed by atoms with E-state index in [2.05, 4.69) is 10.1 Å². The van der Waals surface area contributed by atoms with Gasteiger partial charge in [-0.1, -0.05) is 12.1 Å². The van der Waals surface area contributed by atoms with Gasteiger partial charge in [0.2, 0.25) is 0 Å². The average Bonchev–Trinajstić information content (AvgIpc) is 2.54. The molecule has 0 saturated heterocycles. The minimum Gasteiger partial charge on any atom is -0.496 e. The molecule has 2 rings (SSSR count). The lowest BCUT2D eigenvalue weighted by molar-refractivity contribution is -0.0511. The van der Waals surface area contributed by atoms with Crippen LogP contribution in [0.4, 0.5) is 14.5 Å². The van der Waals surface area contributed by atoms with Crippen molar-refractivity contribution in [2.45, 2.75) is 6.61 Å². The van der Waals surface area contributed by atoms with Gasteiger partial charge in [-0.05, 0) is 24.3 Å². The summed E-state index contributed by atoms with van der Waals surface area (Å²) in [6, 6.07) is 10.9. The molecule has 1 amide bonds. The maximum Gasteiger partial charge on any atom is 0.387 e. The van der Waals surface area contributed by atoms with Gasteiger partial charge in [0.1, 0.15) is 5.75 Å². The highest BCUT2D eigenvalue weighted by molar-refractivity contribution is 6.06. The number of rotatable bonds is 6. The van der Waals surface area contributed by atoms with Crippen LogP contribution >= 0.6 is 0 Å². The lowest BCUT2D eigenvalue weighted by Gasteiger charge is -2.13. The molecule has 122 valence electrons. The molecule has 0 aliphatic heterocycles. The average molecular weight is 323 g/mol. The Hall–Kier alpha value is -2.83. The Morgan fingerprint density at radius 3 is 2.35 bits per heavy atom. The number of methoxy groups -OCH3 is 2. The molecule has 5 nitrogen and oxygen atoms in total. The maximum atomic E-state index is 12.4. The highest BCUT2D eigenvalue weighted by Gasteiger charge is 2.15. The van der Waals surface area contributed by atoms with Crippen LogP contribution in [0.25, 0.3) is 0 Å². The van der Waals surface area contributed by atoms with Crippen molar-refractivity contribution in [1.29, 1.82) is 0 Å². The number of nitrogens with one attached hydrogen (secondary N) is 1. The lowest BCUT2D eigenvalue weighted by Crippen LogP contribution is -2.13. The van der Waals surface area contributed by atoms with Crippen LogP contribution in [-0.4, -0.2) is 26.7 Å². The number of anilines is 1. The number of ether oxygens (including phenoxy) is 3. The molecule has 7 heteroatoms. The van der Waals surface area contributed by atoms with Crippen molar-refractivity contribution in [3.63, 3.8) is 0 Å². The third kappa shape index (κ3) is 4.09. The van der Waals surface area contributed by atoms with Crippen molar-refractivity contribution in [2.24, 2.45) is 0 Å². The first kappa shape index (κ1) is 16.5. The van der Waals surface area contributed by atoms with Crippen LogP contribution < -0.4 is 19.5 Å². The minimum absolute atomic E-state index is 0.139. The smallest absolute Gasteiger partial charge is 0.387 e. The standard InChI is InChI=1S/C16H15F2NO4/c1-21-12-6-4-3-5-11(12)15(20)19-10-7-8-13(22-2)14(9-10)23-16(17)18/h3-9,16H,1-2H3,(H,19,20). The predicted octanol–water partition coefficient (Wildman–Crippen LogP) is 3.56. The molecule has 0 bridgehead atoms. The van der Waals surface area contributed by atoms with Crippen molar-refractivity contribution < 1.29 is 27.8 Å². The number of carbonyl (C=O) groups is 1. The lowest BCUT2D eigenvalue weighted by atomic mass is 10.2. The molecule has 0 radical (unpaired) electrons. The molecule has 0 aromatic heterocycles. The molecule has 0 heterocycles. The van der Waals surface area contributed by atoms with Crippen molar-refractivity contribution in [2.75, 3.05) is 19.5 Å². The number of para-hydroxylation sites is 1. The summed E-state index contributed by atoms with van der Waals surface area (Å²) < 4.78 is 39.2. The quantitative estimate of drug-likeness (QED) is 0.883. The molecule has 2 aromatic carbocycles. The van der Waals surface area contributed by atoms with Gasteiger partial charge in [-0.3, -0.25) is 4.79 Å². The number of alkyl halides is 2. The van der Waals surface area contributed by atoms with Crippen molar-refractivity contribution in [3.8, 4) is 17.2 Å². The first-order valence-electron chi connectivity index (χ1n) is 6.62. The van der Waals surface area contributed by atoms with Crippen LogP contribution in [0.2, 0.25) is 0 Å². The summed E-state index contributed by atoms with van der Waals surface area (Å²) in [6.07, 6.45) is 0. The largest absolute Gasteiger partial charge is 0.496 e. The fourth-order valence-corrected chi connectivity index (χ4v) is 1.97. The van der Waals surface area contributed by atoms with Gasteiger partial charge in [0.25, 0.3) is 5.91 Å². The maximum absolute atomic E-state index is 12.4. The summed E-state index contributed by atoms with van der Waals surface area (Å²) in [5, 5.41) is 2.60. The van der Waals surface area contributed by atoms with Crippen LogP contribution in [0, 0.1) is 0 Å². The normalized spacial score (nSPS) is 10.3. The second kappa shape index (κ2) is 7.44. The van der Waals surface area contributed by atoms with E-state index in [0.29, 0.717) is 11.3 Å². The van der Waals surface area contributed by atoms with Gasteiger partial charge < -0.3 is 19.5 Å². The first-order chi connectivity index (χ1) is 11.0. The number of carbonyl (C=O) groups excluding carboxylic acids is 1. The van der Waals surface area contributed by atoms with Gasteiger partial charge >= 0.3 is 6.61 Å². The topological polar surface area (TPSA) is 56.8 Å². The minimum atomic E-state index is -3.00. The molecule has 0 saturated carbocycles. The highest BCUT2D eigenvalue weighted by atomic mass is 19.3. The number of halogens is 2. The van der Waals surface area contributed by atoms with Gasteiger partial charge in [0.15, 0.2) is 11.5 Å². The van der Waals surface area contributed by atoms with E-state index >= 15 is 0 Å². The van der Waals surface area contributed by atoms with E-state index in [4.69, 9.17) is 9.47 Å². The van der Waals surface area contributed by atoms with Crippen molar-refractivity contribution in [1.82, 2.24) is 0 Å².